The number of alkyl halides is 6. The van der Waals surface area contributed by atoms with E-state index in [1.165, 1.54) is 18.4 Å². The fraction of sp³-hybridized carbons (Fsp3) is 0.458. The molecule has 1 unspecified atom stereocenters. The molecule has 16 heteroatoms. The van der Waals surface area contributed by atoms with Crippen molar-refractivity contribution in [2.75, 3.05) is 13.1 Å². The van der Waals surface area contributed by atoms with Gasteiger partial charge in [-0.25, -0.2) is 14.6 Å². The third-order valence-electron chi connectivity index (χ3n) is 5.55. The van der Waals surface area contributed by atoms with E-state index < -0.39 is 24.3 Å². The molecule has 1 aliphatic rings. The number of likely N-dealkylation sites (tertiary alicyclic amines) is 1. The number of aromatic amines is 1. The van der Waals surface area contributed by atoms with Crippen LogP contribution in [0.2, 0.25) is 0 Å². The molecule has 3 heterocycles. The average molecular weight is 579 g/mol. The Morgan fingerprint density at radius 2 is 1.60 bits per heavy atom. The van der Waals surface area contributed by atoms with Gasteiger partial charge in [-0.3, -0.25) is 9.58 Å². The van der Waals surface area contributed by atoms with E-state index in [0.29, 0.717) is 5.92 Å². The maximum absolute atomic E-state index is 10.6. The second-order valence-electron chi connectivity index (χ2n) is 9.05. The molecule has 2 aromatic heterocycles. The number of piperidine rings is 1. The standard InChI is InChI=1S/C20H26N6.2C2HF3O2/c1-15-5-7-18(8-6-15)19-13-26(24-23-19)12-17-4-3-9-25(11-17)14-20-21-10-16(2)22-20;2*3-2(4,5)1(6)7/h5-8,10,13,17H,3-4,9,11-12,14H2,1-2H3,(H,21,22);2*(H,6,7). The summed E-state index contributed by atoms with van der Waals surface area (Å²) in [6.45, 7) is 8.19. The highest BCUT2D eigenvalue weighted by atomic mass is 19.4. The van der Waals surface area contributed by atoms with Crippen LogP contribution in [0.25, 0.3) is 11.3 Å². The van der Waals surface area contributed by atoms with E-state index >= 15 is 0 Å². The number of imidazole rings is 1. The molecule has 40 heavy (non-hydrogen) atoms. The Morgan fingerprint density at radius 1 is 1.02 bits per heavy atom. The lowest BCUT2D eigenvalue weighted by atomic mass is 9.98. The van der Waals surface area contributed by atoms with Crippen molar-refractivity contribution >= 4 is 11.9 Å². The van der Waals surface area contributed by atoms with Gasteiger partial charge in [0.05, 0.1) is 12.7 Å². The third kappa shape index (κ3) is 11.0. The van der Waals surface area contributed by atoms with Crippen molar-refractivity contribution in [2.24, 2.45) is 5.92 Å². The van der Waals surface area contributed by atoms with Gasteiger partial charge in [0.2, 0.25) is 0 Å². The lowest BCUT2D eigenvalue weighted by Gasteiger charge is -2.31. The SMILES string of the molecule is Cc1ccc(-c2cn(CC3CCCN(Cc4ncc(C)[nH]4)C3)nn2)cc1.O=C(O)C(F)(F)F.O=C(O)C(F)(F)F. The number of nitrogens with zero attached hydrogens (tertiary/aromatic N) is 5. The van der Waals surface area contributed by atoms with Crippen LogP contribution in [0, 0.1) is 19.8 Å². The van der Waals surface area contributed by atoms with Crippen molar-refractivity contribution in [3.05, 3.63) is 53.7 Å². The molecule has 0 aliphatic carbocycles. The molecule has 10 nitrogen and oxygen atoms in total. The first-order valence-corrected chi connectivity index (χ1v) is 11.8. The molecular formula is C24H28F6N6O4. The van der Waals surface area contributed by atoms with Crippen LogP contribution in [0.1, 0.15) is 29.9 Å². The fourth-order valence-corrected chi connectivity index (χ4v) is 3.71. The number of carboxylic acid groups (broad SMARTS) is 2. The molecule has 1 fully saturated rings. The highest BCUT2D eigenvalue weighted by molar-refractivity contribution is 5.73. The van der Waals surface area contributed by atoms with Gasteiger partial charge in [0.25, 0.3) is 0 Å². The van der Waals surface area contributed by atoms with Gasteiger partial charge in [-0.05, 0) is 39.2 Å². The minimum atomic E-state index is -5.08. The Labute approximate surface area is 224 Å². The molecule has 1 saturated heterocycles. The van der Waals surface area contributed by atoms with Crippen LogP contribution >= 0.6 is 0 Å². The first kappa shape index (κ1) is 32.3. The highest BCUT2D eigenvalue weighted by Gasteiger charge is 2.38. The molecular weight excluding hydrogens is 550 g/mol. The van der Waals surface area contributed by atoms with Gasteiger partial charge in [-0.1, -0.05) is 35.0 Å². The predicted molar refractivity (Wildman–Crippen MR) is 129 cm³/mol. The zero-order valence-corrected chi connectivity index (χ0v) is 21.5. The minimum absolute atomic E-state index is 0.604. The van der Waals surface area contributed by atoms with E-state index in [9.17, 15) is 26.3 Å². The van der Waals surface area contributed by atoms with Crippen LogP contribution in [0.4, 0.5) is 26.3 Å². The second-order valence-corrected chi connectivity index (χ2v) is 9.05. The van der Waals surface area contributed by atoms with Crippen LogP contribution in [0.5, 0.6) is 0 Å². The van der Waals surface area contributed by atoms with Crippen molar-refractivity contribution in [2.45, 2.75) is 52.1 Å². The summed E-state index contributed by atoms with van der Waals surface area (Å²) >= 11 is 0. The molecule has 220 valence electrons. The van der Waals surface area contributed by atoms with Crippen molar-refractivity contribution in [1.29, 1.82) is 0 Å². The number of aliphatic carboxylic acids is 2. The number of carboxylic acids is 2. The summed E-state index contributed by atoms with van der Waals surface area (Å²) in [6.07, 6.45) is -3.73. The normalized spacial score (nSPS) is 15.8. The highest BCUT2D eigenvalue weighted by Crippen LogP contribution is 2.21. The molecule has 3 N–H and O–H groups in total. The Balaban J connectivity index is 0.000000333. The lowest BCUT2D eigenvalue weighted by Crippen LogP contribution is -2.36. The summed E-state index contributed by atoms with van der Waals surface area (Å²) in [4.78, 5) is 28.1. The van der Waals surface area contributed by atoms with E-state index in [1.54, 1.807) is 0 Å². The van der Waals surface area contributed by atoms with Gasteiger partial charge in [-0.15, -0.1) is 5.10 Å². The second kappa shape index (κ2) is 13.9. The number of carbonyl (C=O) groups is 2. The van der Waals surface area contributed by atoms with E-state index in [0.717, 1.165) is 49.0 Å². The van der Waals surface area contributed by atoms with E-state index in [2.05, 4.69) is 62.6 Å². The first-order valence-electron chi connectivity index (χ1n) is 11.8. The zero-order chi connectivity index (χ0) is 30.1. The summed E-state index contributed by atoms with van der Waals surface area (Å²) < 4.78 is 65.5. The number of aromatic nitrogens is 5. The topological polar surface area (TPSA) is 137 Å². The average Bonchev–Trinajstić information content (AvgIpc) is 3.48. The molecule has 0 saturated carbocycles. The van der Waals surface area contributed by atoms with Crippen LogP contribution in [-0.2, 0) is 22.7 Å². The first-order chi connectivity index (χ1) is 18.5. The molecule has 0 radical (unpaired) electrons. The number of hydrogen-bond acceptors (Lipinski definition) is 6. The summed E-state index contributed by atoms with van der Waals surface area (Å²) in [5.74, 6) is -3.85. The maximum Gasteiger partial charge on any atom is 0.490 e. The number of nitrogens with one attached hydrogen (secondary N) is 1. The number of rotatable bonds is 5. The quantitative estimate of drug-likeness (QED) is 0.378. The molecule has 0 spiro atoms. The predicted octanol–water partition coefficient (Wildman–Crippen LogP) is 4.46. The van der Waals surface area contributed by atoms with Gasteiger partial charge in [0, 0.05) is 30.5 Å². The Hall–Kier alpha value is -3.95. The summed E-state index contributed by atoms with van der Waals surface area (Å²) in [5.41, 5.74) is 4.46. The van der Waals surface area contributed by atoms with Crippen LogP contribution in [-0.4, -0.2) is 77.5 Å². The summed E-state index contributed by atoms with van der Waals surface area (Å²) in [7, 11) is 0. The van der Waals surface area contributed by atoms with E-state index in [4.69, 9.17) is 19.8 Å². The van der Waals surface area contributed by atoms with Gasteiger partial charge in [0.15, 0.2) is 0 Å². The third-order valence-corrected chi connectivity index (χ3v) is 5.55. The Morgan fingerprint density at radius 3 is 2.10 bits per heavy atom. The molecule has 3 aromatic rings. The number of halogens is 6. The minimum Gasteiger partial charge on any atom is -0.475 e. The van der Waals surface area contributed by atoms with Gasteiger partial charge < -0.3 is 15.2 Å². The van der Waals surface area contributed by atoms with Gasteiger partial charge in [-0.2, -0.15) is 26.3 Å². The van der Waals surface area contributed by atoms with Crippen LogP contribution < -0.4 is 0 Å². The fourth-order valence-electron chi connectivity index (χ4n) is 3.71. The lowest BCUT2D eigenvalue weighted by molar-refractivity contribution is -0.193. The number of H-pyrrole nitrogens is 1. The number of hydrogen-bond donors (Lipinski definition) is 3. The van der Waals surface area contributed by atoms with Gasteiger partial charge >= 0.3 is 24.3 Å². The molecule has 4 rings (SSSR count). The largest absolute Gasteiger partial charge is 0.490 e. The van der Waals surface area contributed by atoms with Crippen molar-refractivity contribution < 1.29 is 46.1 Å². The molecule has 1 atom stereocenters. The zero-order valence-electron chi connectivity index (χ0n) is 21.5. The van der Waals surface area contributed by atoms with Crippen molar-refractivity contribution in [3.8, 4) is 11.3 Å². The van der Waals surface area contributed by atoms with Crippen molar-refractivity contribution in [3.63, 3.8) is 0 Å². The monoisotopic (exact) mass is 578 g/mol. The summed E-state index contributed by atoms with van der Waals surface area (Å²) in [6, 6.07) is 8.45. The van der Waals surface area contributed by atoms with Crippen LogP contribution in [0.3, 0.4) is 0 Å². The molecule has 1 aromatic carbocycles. The summed E-state index contributed by atoms with van der Waals surface area (Å²) in [5, 5.41) is 23.0. The molecule has 0 amide bonds. The number of benzene rings is 1. The molecule has 1 aliphatic heterocycles. The van der Waals surface area contributed by atoms with E-state index in [-0.39, 0.29) is 0 Å². The van der Waals surface area contributed by atoms with E-state index in [1.807, 2.05) is 17.8 Å². The maximum atomic E-state index is 10.6. The Bertz CT molecular complexity index is 1220. The smallest absolute Gasteiger partial charge is 0.475 e. The number of aryl methyl sites for hydroxylation is 2. The van der Waals surface area contributed by atoms with Gasteiger partial charge in [0.1, 0.15) is 11.5 Å². The van der Waals surface area contributed by atoms with Crippen LogP contribution in [0.15, 0.2) is 36.7 Å². The molecule has 0 bridgehead atoms. The van der Waals surface area contributed by atoms with Crippen molar-refractivity contribution in [1.82, 2.24) is 29.9 Å². The Kier molecular flexibility index (Phi) is 11.2.